The molecule has 1 heterocycles. The molecule has 2 rings (SSSR count). The molecule has 15 heavy (non-hydrogen) atoms. The van der Waals surface area contributed by atoms with Gasteiger partial charge in [-0.1, -0.05) is 0 Å². The van der Waals surface area contributed by atoms with Crippen LogP contribution in [-0.2, 0) is 6.42 Å². The quantitative estimate of drug-likeness (QED) is 0.591. The Balaban J connectivity index is 2.47. The fraction of sp³-hybridized carbons (Fsp3) is 0.200. The maximum Gasteiger partial charge on any atom is 0.271 e. The summed E-state index contributed by atoms with van der Waals surface area (Å²) < 4.78 is 0. The molecule has 2 aromatic rings. The molecule has 0 bridgehead atoms. The summed E-state index contributed by atoms with van der Waals surface area (Å²) >= 11 is 0. The molecule has 5 heteroatoms. The summed E-state index contributed by atoms with van der Waals surface area (Å²) in [6.07, 6.45) is 0.530. The number of benzene rings is 1. The molecule has 1 aromatic heterocycles. The second-order valence-electron chi connectivity index (χ2n) is 3.30. The minimum atomic E-state index is -0.425. The molecule has 0 radical (unpaired) electrons. The average Bonchev–Trinajstić information content (AvgIpc) is 2.59. The Morgan fingerprint density at radius 3 is 2.87 bits per heavy atom. The van der Waals surface area contributed by atoms with Gasteiger partial charge < -0.3 is 10.1 Å². The number of H-pyrrole nitrogens is 1. The SMILES string of the molecule is O=[N+]([O-])c1ccc2cc(CCO)[nH]c2c1. The monoisotopic (exact) mass is 206 g/mol. The number of non-ortho nitro benzene ring substituents is 1. The molecule has 1 aromatic carbocycles. The van der Waals surface area contributed by atoms with Gasteiger partial charge in [-0.3, -0.25) is 10.1 Å². The van der Waals surface area contributed by atoms with Gasteiger partial charge in [0.15, 0.2) is 0 Å². The van der Waals surface area contributed by atoms with Crippen LogP contribution in [0.15, 0.2) is 24.3 Å². The van der Waals surface area contributed by atoms with Gasteiger partial charge in [0.25, 0.3) is 5.69 Å². The number of aromatic amines is 1. The van der Waals surface area contributed by atoms with Crippen LogP contribution in [0.2, 0.25) is 0 Å². The van der Waals surface area contributed by atoms with Crippen molar-refractivity contribution in [2.24, 2.45) is 0 Å². The molecule has 78 valence electrons. The zero-order chi connectivity index (χ0) is 10.8. The van der Waals surface area contributed by atoms with Crippen molar-refractivity contribution < 1.29 is 10.0 Å². The summed E-state index contributed by atoms with van der Waals surface area (Å²) in [7, 11) is 0. The third-order valence-corrected chi connectivity index (χ3v) is 2.25. The number of aliphatic hydroxyl groups is 1. The maximum atomic E-state index is 10.5. The second-order valence-corrected chi connectivity index (χ2v) is 3.30. The first-order chi connectivity index (χ1) is 7.20. The number of nitro groups is 1. The van der Waals surface area contributed by atoms with Gasteiger partial charge in [0.05, 0.1) is 10.4 Å². The van der Waals surface area contributed by atoms with Crippen LogP contribution in [0.25, 0.3) is 10.9 Å². The molecule has 0 atom stereocenters. The Labute approximate surface area is 85.5 Å². The van der Waals surface area contributed by atoms with Gasteiger partial charge >= 0.3 is 0 Å². The van der Waals surface area contributed by atoms with Crippen molar-refractivity contribution in [3.05, 3.63) is 40.1 Å². The highest BCUT2D eigenvalue weighted by Crippen LogP contribution is 2.21. The fourth-order valence-corrected chi connectivity index (χ4v) is 1.54. The van der Waals surface area contributed by atoms with Gasteiger partial charge in [-0.25, -0.2) is 0 Å². The normalized spacial score (nSPS) is 10.7. The summed E-state index contributed by atoms with van der Waals surface area (Å²) in [6, 6.07) is 6.55. The Kier molecular flexibility index (Phi) is 2.39. The van der Waals surface area contributed by atoms with Crippen LogP contribution < -0.4 is 0 Å². The molecule has 0 amide bonds. The minimum Gasteiger partial charge on any atom is -0.396 e. The van der Waals surface area contributed by atoms with E-state index < -0.39 is 4.92 Å². The van der Waals surface area contributed by atoms with Crippen molar-refractivity contribution in [3.63, 3.8) is 0 Å². The van der Waals surface area contributed by atoms with Crippen molar-refractivity contribution in [3.8, 4) is 0 Å². The molecule has 2 N–H and O–H groups in total. The van der Waals surface area contributed by atoms with Crippen LogP contribution >= 0.6 is 0 Å². The highest BCUT2D eigenvalue weighted by Gasteiger charge is 2.07. The number of aliphatic hydroxyl groups excluding tert-OH is 1. The van der Waals surface area contributed by atoms with Crippen molar-refractivity contribution in [1.82, 2.24) is 4.98 Å². The molecule has 0 saturated heterocycles. The van der Waals surface area contributed by atoms with E-state index in [1.54, 1.807) is 6.07 Å². The van der Waals surface area contributed by atoms with Crippen LogP contribution in [0.1, 0.15) is 5.69 Å². The van der Waals surface area contributed by atoms with Crippen LogP contribution in [0.4, 0.5) is 5.69 Å². The van der Waals surface area contributed by atoms with Gasteiger partial charge in [-0.05, 0) is 12.1 Å². The first-order valence-electron chi connectivity index (χ1n) is 4.57. The maximum absolute atomic E-state index is 10.5. The van der Waals surface area contributed by atoms with Gasteiger partial charge in [-0.2, -0.15) is 0 Å². The molecular formula is C10H10N2O3. The van der Waals surface area contributed by atoms with E-state index in [4.69, 9.17) is 5.11 Å². The molecule has 0 aliphatic rings. The van der Waals surface area contributed by atoms with E-state index in [1.807, 2.05) is 6.07 Å². The molecule has 5 nitrogen and oxygen atoms in total. The second kappa shape index (κ2) is 3.70. The summed E-state index contributed by atoms with van der Waals surface area (Å²) in [5, 5.41) is 20.2. The van der Waals surface area contributed by atoms with E-state index in [0.29, 0.717) is 6.42 Å². The molecule has 0 fully saturated rings. The molecule has 0 aliphatic heterocycles. The number of rotatable bonds is 3. The Morgan fingerprint density at radius 2 is 2.20 bits per heavy atom. The lowest BCUT2D eigenvalue weighted by Crippen LogP contribution is -1.89. The van der Waals surface area contributed by atoms with E-state index in [1.165, 1.54) is 12.1 Å². The van der Waals surface area contributed by atoms with Crippen molar-refractivity contribution in [2.75, 3.05) is 6.61 Å². The van der Waals surface area contributed by atoms with E-state index >= 15 is 0 Å². The number of hydrogen-bond acceptors (Lipinski definition) is 3. The number of nitrogens with zero attached hydrogens (tertiary/aromatic N) is 1. The molecule has 0 saturated carbocycles. The van der Waals surface area contributed by atoms with Crippen molar-refractivity contribution in [2.45, 2.75) is 6.42 Å². The highest BCUT2D eigenvalue weighted by atomic mass is 16.6. The molecule has 0 unspecified atom stereocenters. The lowest BCUT2D eigenvalue weighted by molar-refractivity contribution is -0.384. The zero-order valence-electron chi connectivity index (χ0n) is 7.93. The summed E-state index contributed by atoms with van der Waals surface area (Å²) in [6.45, 7) is 0.0644. The smallest absolute Gasteiger partial charge is 0.271 e. The Bertz CT molecular complexity index is 504. The first kappa shape index (κ1) is 9.67. The largest absolute Gasteiger partial charge is 0.396 e. The molecule has 0 aliphatic carbocycles. The number of hydrogen-bond donors (Lipinski definition) is 2. The predicted molar refractivity (Wildman–Crippen MR) is 55.7 cm³/mol. The van der Waals surface area contributed by atoms with Crippen LogP contribution in [0.5, 0.6) is 0 Å². The van der Waals surface area contributed by atoms with Crippen LogP contribution in [-0.4, -0.2) is 21.6 Å². The van der Waals surface area contributed by atoms with E-state index in [9.17, 15) is 10.1 Å². The van der Waals surface area contributed by atoms with Gasteiger partial charge in [-0.15, -0.1) is 0 Å². The number of nitro benzene ring substituents is 1. The Morgan fingerprint density at radius 1 is 1.40 bits per heavy atom. The van der Waals surface area contributed by atoms with Gasteiger partial charge in [0.1, 0.15) is 0 Å². The first-order valence-corrected chi connectivity index (χ1v) is 4.57. The zero-order valence-corrected chi connectivity index (χ0v) is 7.93. The number of aromatic nitrogens is 1. The lowest BCUT2D eigenvalue weighted by Gasteiger charge is -1.91. The summed E-state index contributed by atoms with van der Waals surface area (Å²) in [5.41, 5.74) is 1.68. The van der Waals surface area contributed by atoms with Crippen LogP contribution in [0, 0.1) is 10.1 Å². The predicted octanol–water partition coefficient (Wildman–Crippen LogP) is 1.61. The van der Waals surface area contributed by atoms with E-state index in [-0.39, 0.29) is 12.3 Å². The molecular weight excluding hydrogens is 196 g/mol. The fourth-order valence-electron chi connectivity index (χ4n) is 1.54. The highest BCUT2D eigenvalue weighted by molar-refractivity contribution is 5.82. The van der Waals surface area contributed by atoms with E-state index in [0.717, 1.165) is 16.6 Å². The number of fused-ring (bicyclic) bond motifs is 1. The minimum absolute atomic E-state index is 0.0644. The Hall–Kier alpha value is -1.88. The van der Waals surface area contributed by atoms with Crippen molar-refractivity contribution in [1.29, 1.82) is 0 Å². The van der Waals surface area contributed by atoms with Gasteiger partial charge in [0, 0.05) is 36.2 Å². The standard InChI is InChI=1S/C10H10N2O3/c13-4-3-8-5-7-1-2-9(12(14)15)6-10(7)11-8/h1-2,5-6,11,13H,3-4H2. The van der Waals surface area contributed by atoms with E-state index in [2.05, 4.69) is 4.98 Å². The summed E-state index contributed by atoms with van der Waals surface area (Å²) in [4.78, 5) is 13.1. The average molecular weight is 206 g/mol. The molecule has 0 spiro atoms. The third kappa shape index (κ3) is 1.82. The topological polar surface area (TPSA) is 79.2 Å². The van der Waals surface area contributed by atoms with Gasteiger partial charge in [0.2, 0.25) is 0 Å². The number of nitrogens with one attached hydrogen (secondary N) is 1. The summed E-state index contributed by atoms with van der Waals surface area (Å²) in [5.74, 6) is 0. The lowest BCUT2D eigenvalue weighted by atomic mass is 10.2. The van der Waals surface area contributed by atoms with Crippen molar-refractivity contribution >= 4 is 16.6 Å². The third-order valence-electron chi connectivity index (χ3n) is 2.25. The van der Waals surface area contributed by atoms with Crippen LogP contribution in [0.3, 0.4) is 0 Å².